The summed E-state index contributed by atoms with van der Waals surface area (Å²) in [4.78, 5) is 7.75. The van der Waals surface area contributed by atoms with Crippen LogP contribution < -0.4 is 0 Å². The molecule has 0 unspecified atom stereocenters. The highest BCUT2D eigenvalue weighted by Crippen LogP contribution is 2.25. The van der Waals surface area contributed by atoms with E-state index in [4.69, 9.17) is 12.2 Å². The highest BCUT2D eigenvalue weighted by atomic mass is 32.1. The van der Waals surface area contributed by atoms with Gasteiger partial charge < -0.3 is 4.98 Å². The topological polar surface area (TPSA) is 28.7 Å². The highest BCUT2D eigenvalue weighted by molar-refractivity contribution is 7.71. The first-order valence-corrected chi connectivity index (χ1v) is 7.52. The van der Waals surface area contributed by atoms with Crippen molar-refractivity contribution in [2.45, 2.75) is 46.0 Å². The average Bonchev–Trinajstić information content (AvgIpc) is 2.37. The molecule has 1 aromatic carbocycles. The summed E-state index contributed by atoms with van der Waals surface area (Å²) >= 11 is 5.26. The molecule has 0 spiro atoms. The quantitative estimate of drug-likeness (QED) is 0.799. The molecule has 2 aromatic rings. The summed E-state index contributed by atoms with van der Waals surface area (Å²) in [7, 11) is 0. The van der Waals surface area contributed by atoms with Gasteiger partial charge in [0.05, 0.1) is 0 Å². The van der Waals surface area contributed by atoms with Crippen LogP contribution in [0.1, 0.15) is 45.5 Å². The lowest BCUT2D eigenvalue weighted by Crippen LogP contribution is -2.10. The maximum atomic E-state index is 5.26. The molecular formula is C17H22N2S. The first-order chi connectivity index (χ1) is 9.40. The molecule has 3 heteroatoms. The number of benzene rings is 1. The fourth-order valence-electron chi connectivity index (χ4n) is 2.17. The molecule has 106 valence electrons. The van der Waals surface area contributed by atoms with Gasteiger partial charge in [0.2, 0.25) is 0 Å². The van der Waals surface area contributed by atoms with Crippen molar-refractivity contribution in [2.24, 2.45) is 0 Å². The highest BCUT2D eigenvalue weighted by Gasteiger charge is 2.13. The van der Waals surface area contributed by atoms with Crippen molar-refractivity contribution in [3.05, 3.63) is 46.4 Å². The van der Waals surface area contributed by atoms with Crippen LogP contribution in [-0.2, 0) is 11.8 Å². The second kappa shape index (κ2) is 5.88. The molecule has 0 aliphatic rings. The van der Waals surface area contributed by atoms with Gasteiger partial charge in [-0.25, -0.2) is 4.98 Å². The number of nitrogens with one attached hydrogen (secondary N) is 1. The second-order valence-electron chi connectivity index (χ2n) is 6.16. The smallest absolute Gasteiger partial charge is 0.130 e. The van der Waals surface area contributed by atoms with Gasteiger partial charge in [-0.15, -0.1) is 0 Å². The van der Waals surface area contributed by atoms with E-state index in [0.29, 0.717) is 4.64 Å². The lowest BCUT2D eigenvalue weighted by Gasteiger charge is -2.19. The number of nitrogens with zero attached hydrogens (tertiary/aromatic N) is 1. The van der Waals surface area contributed by atoms with Gasteiger partial charge in [-0.3, -0.25) is 0 Å². The van der Waals surface area contributed by atoms with Crippen molar-refractivity contribution < 1.29 is 0 Å². The van der Waals surface area contributed by atoms with E-state index in [1.807, 2.05) is 6.07 Å². The lowest BCUT2D eigenvalue weighted by atomic mass is 9.86. The second-order valence-corrected chi connectivity index (χ2v) is 6.58. The molecule has 0 aliphatic carbocycles. The van der Waals surface area contributed by atoms with E-state index in [1.54, 1.807) is 0 Å². The summed E-state index contributed by atoms with van der Waals surface area (Å²) in [5, 5.41) is 0. The van der Waals surface area contributed by atoms with Gasteiger partial charge in [0, 0.05) is 12.1 Å². The third-order valence-electron chi connectivity index (χ3n) is 3.34. The van der Waals surface area contributed by atoms with Crippen molar-refractivity contribution >= 4 is 12.2 Å². The minimum absolute atomic E-state index is 0.178. The van der Waals surface area contributed by atoms with Gasteiger partial charge in [0.25, 0.3) is 0 Å². The Kier molecular flexibility index (Phi) is 4.39. The molecule has 0 saturated carbocycles. The van der Waals surface area contributed by atoms with Crippen molar-refractivity contribution in [1.29, 1.82) is 0 Å². The first-order valence-electron chi connectivity index (χ1n) is 7.11. The monoisotopic (exact) mass is 286 g/mol. The van der Waals surface area contributed by atoms with Crippen molar-refractivity contribution in [2.75, 3.05) is 0 Å². The molecular weight excluding hydrogens is 264 g/mol. The van der Waals surface area contributed by atoms with Crippen LogP contribution in [0.5, 0.6) is 0 Å². The summed E-state index contributed by atoms with van der Waals surface area (Å²) in [6.07, 6.45) is 1.99. The van der Waals surface area contributed by atoms with Crippen LogP contribution in [0.4, 0.5) is 0 Å². The fraction of sp³-hybridized carbons (Fsp3) is 0.412. The minimum Gasteiger partial charge on any atom is -0.343 e. The van der Waals surface area contributed by atoms with Gasteiger partial charge in [-0.2, -0.15) is 0 Å². The molecule has 1 heterocycles. The third kappa shape index (κ3) is 3.54. The van der Waals surface area contributed by atoms with Gasteiger partial charge in [-0.05, 0) is 29.0 Å². The number of aromatic nitrogens is 2. The maximum Gasteiger partial charge on any atom is 0.130 e. The number of hydrogen-bond donors (Lipinski definition) is 1. The zero-order valence-electron chi connectivity index (χ0n) is 12.7. The summed E-state index contributed by atoms with van der Waals surface area (Å²) in [5.74, 6) is 0.967. The molecule has 0 radical (unpaired) electrons. The van der Waals surface area contributed by atoms with Crippen molar-refractivity contribution in [3.63, 3.8) is 0 Å². The number of aryl methyl sites for hydroxylation is 1. The normalized spacial score (nSPS) is 11.6. The summed E-state index contributed by atoms with van der Waals surface area (Å²) in [6, 6.07) is 10.6. The Labute approximate surface area is 126 Å². The zero-order chi connectivity index (χ0) is 14.8. The first kappa shape index (κ1) is 14.9. The van der Waals surface area contributed by atoms with Crippen LogP contribution in [0, 0.1) is 4.64 Å². The lowest BCUT2D eigenvalue weighted by molar-refractivity contribution is 0.590. The van der Waals surface area contributed by atoms with E-state index in [-0.39, 0.29) is 5.41 Å². The van der Waals surface area contributed by atoms with Crippen LogP contribution in [0.15, 0.2) is 30.3 Å². The number of H-pyrrole nitrogens is 1. The molecule has 2 nitrogen and oxygen atoms in total. The van der Waals surface area contributed by atoms with Crippen LogP contribution >= 0.6 is 12.2 Å². The van der Waals surface area contributed by atoms with Crippen LogP contribution in [0.25, 0.3) is 11.3 Å². The molecule has 0 aliphatic heterocycles. The molecule has 0 atom stereocenters. The van der Waals surface area contributed by atoms with Gasteiger partial charge in [0.15, 0.2) is 0 Å². The van der Waals surface area contributed by atoms with Crippen molar-refractivity contribution in [3.8, 4) is 11.3 Å². The van der Waals surface area contributed by atoms with E-state index in [1.165, 1.54) is 5.56 Å². The van der Waals surface area contributed by atoms with Gasteiger partial charge >= 0.3 is 0 Å². The molecule has 1 aromatic heterocycles. The summed E-state index contributed by atoms with van der Waals surface area (Å²) < 4.78 is 0.655. The maximum absolute atomic E-state index is 5.26. The number of hydrogen-bond acceptors (Lipinski definition) is 2. The molecule has 0 bridgehead atoms. The minimum atomic E-state index is 0.178. The van der Waals surface area contributed by atoms with Crippen LogP contribution in [0.2, 0.25) is 0 Å². The SMILES string of the molecule is CCCc1nc(=S)cc(-c2ccc(C(C)(C)C)cc2)[nH]1. The average molecular weight is 286 g/mol. The largest absolute Gasteiger partial charge is 0.343 e. The van der Waals surface area contributed by atoms with E-state index in [2.05, 4.69) is 61.9 Å². The van der Waals surface area contributed by atoms with E-state index < -0.39 is 0 Å². The van der Waals surface area contributed by atoms with Crippen LogP contribution in [-0.4, -0.2) is 9.97 Å². The Morgan fingerprint density at radius 1 is 1.15 bits per heavy atom. The van der Waals surface area contributed by atoms with Gasteiger partial charge in [-0.1, -0.05) is 64.2 Å². The Bertz CT molecular complexity index is 633. The summed E-state index contributed by atoms with van der Waals surface area (Å²) in [6.45, 7) is 8.81. The Hall–Kier alpha value is -1.48. The van der Waals surface area contributed by atoms with Crippen molar-refractivity contribution in [1.82, 2.24) is 9.97 Å². The molecule has 1 N–H and O–H groups in total. The van der Waals surface area contributed by atoms with E-state index in [0.717, 1.165) is 29.9 Å². The molecule has 2 rings (SSSR count). The predicted octanol–water partition coefficient (Wildman–Crippen LogP) is 5.06. The zero-order valence-corrected chi connectivity index (χ0v) is 13.5. The van der Waals surface area contributed by atoms with E-state index in [9.17, 15) is 0 Å². The Morgan fingerprint density at radius 3 is 2.35 bits per heavy atom. The molecule has 20 heavy (non-hydrogen) atoms. The molecule has 0 saturated heterocycles. The molecule has 0 amide bonds. The standard InChI is InChI=1S/C17H22N2S/c1-5-6-15-18-14(11-16(20)19-15)12-7-9-13(10-8-12)17(2,3)4/h7-11H,5-6H2,1-4H3,(H,18,19,20). The predicted molar refractivity (Wildman–Crippen MR) is 87.6 cm³/mol. The van der Waals surface area contributed by atoms with Crippen LogP contribution in [0.3, 0.4) is 0 Å². The Balaban J connectivity index is 2.39. The third-order valence-corrected chi connectivity index (χ3v) is 3.55. The van der Waals surface area contributed by atoms with E-state index >= 15 is 0 Å². The fourth-order valence-corrected chi connectivity index (χ4v) is 2.40. The number of rotatable bonds is 3. The number of aromatic amines is 1. The molecule has 0 fully saturated rings. The van der Waals surface area contributed by atoms with Gasteiger partial charge in [0.1, 0.15) is 10.5 Å². The summed E-state index contributed by atoms with van der Waals surface area (Å²) in [5.41, 5.74) is 3.72. The Morgan fingerprint density at radius 2 is 1.80 bits per heavy atom.